The zero-order chi connectivity index (χ0) is 13.1. The number of aliphatic hydroxyl groups is 1. The SMILES string of the molecule is COCCCOCCOc1ccc(CCO)cc1. The van der Waals surface area contributed by atoms with Gasteiger partial charge in [-0.2, -0.15) is 0 Å². The molecule has 102 valence electrons. The fourth-order valence-electron chi connectivity index (χ4n) is 1.51. The summed E-state index contributed by atoms with van der Waals surface area (Å²) in [7, 11) is 1.68. The first kappa shape index (κ1) is 15.0. The lowest BCUT2D eigenvalue weighted by Crippen LogP contribution is -2.08. The third-order valence-electron chi connectivity index (χ3n) is 2.46. The predicted molar refractivity (Wildman–Crippen MR) is 70.0 cm³/mol. The highest BCUT2D eigenvalue weighted by atomic mass is 16.5. The largest absolute Gasteiger partial charge is 0.491 e. The van der Waals surface area contributed by atoms with Crippen LogP contribution in [0.3, 0.4) is 0 Å². The van der Waals surface area contributed by atoms with Gasteiger partial charge in [-0.1, -0.05) is 12.1 Å². The van der Waals surface area contributed by atoms with Gasteiger partial charge < -0.3 is 19.3 Å². The van der Waals surface area contributed by atoms with Crippen molar-refractivity contribution in [3.63, 3.8) is 0 Å². The molecule has 0 aromatic heterocycles. The zero-order valence-electron chi connectivity index (χ0n) is 10.9. The van der Waals surface area contributed by atoms with Crippen LogP contribution in [0.15, 0.2) is 24.3 Å². The van der Waals surface area contributed by atoms with Crippen molar-refractivity contribution in [2.45, 2.75) is 12.8 Å². The molecular formula is C14H22O4. The summed E-state index contributed by atoms with van der Waals surface area (Å²) in [5, 5.41) is 8.79. The van der Waals surface area contributed by atoms with Crippen molar-refractivity contribution in [2.24, 2.45) is 0 Å². The van der Waals surface area contributed by atoms with Gasteiger partial charge in [0.25, 0.3) is 0 Å². The molecule has 0 bridgehead atoms. The second kappa shape index (κ2) is 9.88. The number of benzene rings is 1. The topological polar surface area (TPSA) is 47.9 Å². The van der Waals surface area contributed by atoms with E-state index in [2.05, 4.69) is 0 Å². The van der Waals surface area contributed by atoms with Gasteiger partial charge in [0.1, 0.15) is 12.4 Å². The van der Waals surface area contributed by atoms with Gasteiger partial charge in [0.05, 0.1) is 6.61 Å². The van der Waals surface area contributed by atoms with E-state index in [1.807, 2.05) is 24.3 Å². The Morgan fingerprint density at radius 3 is 2.44 bits per heavy atom. The molecule has 1 aromatic carbocycles. The van der Waals surface area contributed by atoms with Crippen molar-refractivity contribution in [3.05, 3.63) is 29.8 Å². The molecule has 0 heterocycles. The summed E-state index contributed by atoms with van der Waals surface area (Å²) < 4.78 is 15.8. The summed E-state index contributed by atoms with van der Waals surface area (Å²) >= 11 is 0. The molecule has 0 aliphatic carbocycles. The molecule has 1 aromatic rings. The van der Waals surface area contributed by atoms with Crippen LogP contribution in [0, 0.1) is 0 Å². The number of aliphatic hydroxyl groups excluding tert-OH is 1. The third kappa shape index (κ3) is 6.59. The molecule has 0 saturated carbocycles. The summed E-state index contributed by atoms with van der Waals surface area (Å²) in [6.07, 6.45) is 1.59. The molecule has 1 N–H and O–H groups in total. The van der Waals surface area contributed by atoms with E-state index in [-0.39, 0.29) is 6.61 Å². The van der Waals surface area contributed by atoms with Crippen molar-refractivity contribution in [3.8, 4) is 5.75 Å². The molecule has 0 saturated heterocycles. The quantitative estimate of drug-likeness (QED) is 0.645. The maximum Gasteiger partial charge on any atom is 0.119 e. The highest BCUT2D eigenvalue weighted by Crippen LogP contribution is 2.12. The van der Waals surface area contributed by atoms with Gasteiger partial charge in [0, 0.05) is 26.9 Å². The second-order valence-electron chi connectivity index (χ2n) is 3.92. The Labute approximate surface area is 108 Å². The van der Waals surface area contributed by atoms with Crippen LogP contribution < -0.4 is 4.74 Å². The predicted octanol–water partition coefficient (Wildman–Crippen LogP) is 1.65. The van der Waals surface area contributed by atoms with Crippen LogP contribution in [0.1, 0.15) is 12.0 Å². The van der Waals surface area contributed by atoms with Crippen LogP contribution >= 0.6 is 0 Å². The standard InChI is InChI=1S/C14H22O4/c1-16-9-2-10-17-11-12-18-14-5-3-13(4-6-14)7-8-15/h3-6,15H,2,7-12H2,1H3. The number of methoxy groups -OCH3 is 1. The van der Waals surface area contributed by atoms with E-state index in [0.29, 0.717) is 26.2 Å². The lowest BCUT2D eigenvalue weighted by molar-refractivity contribution is 0.0806. The first-order valence-corrected chi connectivity index (χ1v) is 6.26. The minimum Gasteiger partial charge on any atom is -0.491 e. The van der Waals surface area contributed by atoms with E-state index < -0.39 is 0 Å². The molecule has 0 amide bonds. The van der Waals surface area contributed by atoms with Crippen LogP contribution in [-0.4, -0.2) is 45.3 Å². The average Bonchev–Trinajstić information content (AvgIpc) is 2.40. The normalized spacial score (nSPS) is 10.6. The first-order chi connectivity index (χ1) is 8.86. The maximum absolute atomic E-state index is 8.79. The van der Waals surface area contributed by atoms with Crippen molar-refractivity contribution in [2.75, 3.05) is 40.1 Å². The second-order valence-corrected chi connectivity index (χ2v) is 3.92. The van der Waals surface area contributed by atoms with Gasteiger partial charge in [-0.15, -0.1) is 0 Å². The van der Waals surface area contributed by atoms with Gasteiger partial charge in [-0.25, -0.2) is 0 Å². The molecule has 0 aliphatic rings. The Morgan fingerprint density at radius 1 is 1.00 bits per heavy atom. The van der Waals surface area contributed by atoms with E-state index in [1.54, 1.807) is 7.11 Å². The fourth-order valence-corrected chi connectivity index (χ4v) is 1.51. The molecule has 18 heavy (non-hydrogen) atoms. The minimum atomic E-state index is 0.176. The minimum absolute atomic E-state index is 0.176. The van der Waals surface area contributed by atoms with Crippen molar-refractivity contribution >= 4 is 0 Å². The molecule has 4 nitrogen and oxygen atoms in total. The number of ether oxygens (including phenoxy) is 3. The van der Waals surface area contributed by atoms with Crippen LogP contribution in [-0.2, 0) is 15.9 Å². The van der Waals surface area contributed by atoms with Gasteiger partial charge in [-0.3, -0.25) is 0 Å². The van der Waals surface area contributed by atoms with Crippen LogP contribution in [0.2, 0.25) is 0 Å². The molecule has 4 heteroatoms. The monoisotopic (exact) mass is 254 g/mol. The molecule has 0 aliphatic heterocycles. The maximum atomic E-state index is 8.79. The van der Waals surface area contributed by atoms with Gasteiger partial charge in [0.2, 0.25) is 0 Å². The van der Waals surface area contributed by atoms with E-state index >= 15 is 0 Å². The number of rotatable bonds is 10. The smallest absolute Gasteiger partial charge is 0.119 e. The van der Waals surface area contributed by atoms with Crippen LogP contribution in [0.25, 0.3) is 0 Å². The van der Waals surface area contributed by atoms with E-state index in [9.17, 15) is 0 Å². The molecule has 0 fully saturated rings. The summed E-state index contributed by atoms with van der Waals surface area (Å²) in [5.41, 5.74) is 1.11. The average molecular weight is 254 g/mol. The highest BCUT2D eigenvalue weighted by Gasteiger charge is 1.95. The van der Waals surface area contributed by atoms with Gasteiger partial charge in [-0.05, 0) is 30.5 Å². The first-order valence-electron chi connectivity index (χ1n) is 6.26. The summed E-state index contributed by atoms with van der Waals surface area (Å²) in [5.74, 6) is 0.831. The van der Waals surface area contributed by atoms with E-state index in [1.165, 1.54) is 0 Å². The Hall–Kier alpha value is -1.10. The van der Waals surface area contributed by atoms with E-state index in [0.717, 1.165) is 24.3 Å². The molecule has 1 rings (SSSR count). The fraction of sp³-hybridized carbons (Fsp3) is 0.571. The Bertz CT molecular complexity index is 297. The van der Waals surface area contributed by atoms with Gasteiger partial charge in [0.15, 0.2) is 0 Å². The lowest BCUT2D eigenvalue weighted by Gasteiger charge is -2.07. The summed E-state index contributed by atoms with van der Waals surface area (Å²) in [6, 6.07) is 7.75. The van der Waals surface area contributed by atoms with Crippen molar-refractivity contribution in [1.29, 1.82) is 0 Å². The molecule has 0 spiro atoms. The molecule has 0 atom stereocenters. The Morgan fingerprint density at radius 2 is 1.78 bits per heavy atom. The molecule has 0 radical (unpaired) electrons. The van der Waals surface area contributed by atoms with Crippen LogP contribution in [0.5, 0.6) is 5.75 Å². The summed E-state index contributed by atoms with van der Waals surface area (Å²) in [6.45, 7) is 2.74. The van der Waals surface area contributed by atoms with Crippen molar-refractivity contribution < 1.29 is 19.3 Å². The molecular weight excluding hydrogens is 232 g/mol. The number of hydrogen-bond acceptors (Lipinski definition) is 4. The lowest BCUT2D eigenvalue weighted by atomic mass is 10.1. The Kier molecular flexibility index (Phi) is 8.21. The Balaban J connectivity index is 2.08. The summed E-state index contributed by atoms with van der Waals surface area (Å²) in [4.78, 5) is 0. The van der Waals surface area contributed by atoms with Crippen molar-refractivity contribution in [1.82, 2.24) is 0 Å². The van der Waals surface area contributed by atoms with E-state index in [4.69, 9.17) is 19.3 Å². The third-order valence-corrected chi connectivity index (χ3v) is 2.46. The van der Waals surface area contributed by atoms with Crippen LogP contribution in [0.4, 0.5) is 0 Å². The molecule has 0 unspecified atom stereocenters. The zero-order valence-corrected chi connectivity index (χ0v) is 10.9. The number of hydrogen-bond donors (Lipinski definition) is 1. The highest BCUT2D eigenvalue weighted by molar-refractivity contribution is 5.27. The van der Waals surface area contributed by atoms with Gasteiger partial charge >= 0.3 is 0 Å².